The lowest BCUT2D eigenvalue weighted by Gasteiger charge is -2.33. The van der Waals surface area contributed by atoms with Crippen LogP contribution in [0.15, 0.2) is 54.6 Å². The maximum atomic E-state index is 12.7. The van der Waals surface area contributed by atoms with Gasteiger partial charge >= 0.3 is 0 Å². The van der Waals surface area contributed by atoms with Crippen LogP contribution in [0.3, 0.4) is 0 Å². The van der Waals surface area contributed by atoms with E-state index in [2.05, 4.69) is 41.4 Å². The zero-order valence-electron chi connectivity index (χ0n) is 15.7. The van der Waals surface area contributed by atoms with E-state index in [1.807, 2.05) is 35.0 Å². The molecule has 0 saturated carbocycles. The van der Waals surface area contributed by atoms with Gasteiger partial charge in [0.2, 0.25) is 5.91 Å². The van der Waals surface area contributed by atoms with E-state index in [0.717, 1.165) is 47.7 Å². The molecule has 0 bridgehead atoms. The molecule has 2 aromatic carbocycles. The number of hydrogen-bond donors (Lipinski definition) is 0. The van der Waals surface area contributed by atoms with Crippen molar-refractivity contribution < 1.29 is 4.79 Å². The minimum absolute atomic E-state index is 0.204. The first-order valence-corrected chi connectivity index (χ1v) is 10.4. The standard InChI is InChI=1S/C22H25N3OS/c1-24(22-23-19-9-5-6-10-20(19)27-22)16-21(26)25-13-11-18(12-14-25)15-17-7-3-2-4-8-17/h2-10,18H,11-16H2,1H3. The zero-order chi connectivity index (χ0) is 18.6. The van der Waals surface area contributed by atoms with Crippen LogP contribution >= 0.6 is 11.3 Å². The van der Waals surface area contributed by atoms with Crippen LogP contribution in [0.25, 0.3) is 10.2 Å². The third-order valence-electron chi connectivity index (χ3n) is 5.32. The number of nitrogens with zero attached hydrogens (tertiary/aromatic N) is 3. The predicted molar refractivity (Wildman–Crippen MR) is 112 cm³/mol. The van der Waals surface area contributed by atoms with Gasteiger partial charge in [0.1, 0.15) is 0 Å². The van der Waals surface area contributed by atoms with E-state index >= 15 is 0 Å². The molecule has 1 aliphatic heterocycles. The van der Waals surface area contributed by atoms with Gasteiger partial charge in [-0.1, -0.05) is 53.8 Å². The van der Waals surface area contributed by atoms with Crippen molar-refractivity contribution in [2.75, 3.05) is 31.6 Å². The first-order chi connectivity index (χ1) is 13.2. The maximum Gasteiger partial charge on any atom is 0.242 e. The molecule has 0 unspecified atom stereocenters. The highest BCUT2D eigenvalue weighted by Gasteiger charge is 2.24. The Morgan fingerprint density at radius 2 is 1.81 bits per heavy atom. The van der Waals surface area contributed by atoms with Crippen LogP contribution in [0.4, 0.5) is 5.13 Å². The Bertz CT molecular complexity index is 867. The predicted octanol–water partition coefficient (Wildman–Crippen LogP) is 4.21. The summed E-state index contributed by atoms with van der Waals surface area (Å²) in [6, 6.07) is 18.8. The third kappa shape index (κ3) is 4.30. The van der Waals surface area contributed by atoms with E-state index in [1.54, 1.807) is 11.3 Å². The summed E-state index contributed by atoms with van der Waals surface area (Å²) in [4.78, 5) is 21.4. The Morgan fingerprint density at radius 1 is 1.11 bits per heavy atom. The lowest BCUT2D eigenvalue weighted by molar-refractivity contribution is -0.131. The van der Waals surface area contributed by atoms with Crippen molar-refractivity contribution >= 4 is 32.6 Å². The summed E-state index contributed by atoms with van der Waals surface area (Å²) in [5.74, 6) is 0.883. The van der Waals surface area contributed by atoms with Gasteiger partial charge in [-0.25, -0.2) is 4.98 Å². The highest BCUT2D eigenvalue weighted by atomic mass is 32.1. The Labute approximate surface area is 164 Å². The Morgan fingerprint density at radius 3 is 2.56 bits per heavy atom. The van der Waals surface area contributed by atoms with Crippen molar-refractivity contribution in [2.24, 2.45) is 5.92 Å². The van der Waals surface area contributed by atoms with E-state index in [0.29, 0.717) is 12.5 Å². The largest absolute Gasteiger partial charge is 0.342 e. The van der Waals surface area contributed by atoms with Gasteiger partial charge in [-0.05, 0) is 42.9 Å². The molecule has 0 atom stereocenters. The number of thiazole rings is 1. The number of likely N-dealkylation sites (N-methyl/N-ethyl adjacent to an activating group) is 1. The lowest BCUT2D eigenvalue weighted by Crippen LogP contribution is -2.43. The normalized spacial score (nSPS) is 15.2. The number of aromatic nitrogens is 1. The van der Waals surface area contributed by atoms with Gasteiger partial charge in [-0.2, -0.15) is 0 Å². The van der Waals surface area contributed by atoms with E-state index in [-0.39, 0.29) is 5.91 Å². The molecule has 0 N–H and O–H groups in total. The summed E-state index contributed by atoms with van der Waals surface area (Å²) in [5.41, 5.74) is 2.40. The number of benzene rings is 2. The zero-order valence-corrected chi connectivity index (χ0v) is 16.5. The molecule has 1 fully saturated rings. The average Bonchev–Trinajstić information content (AvgIpc) is 3.14. The number of fused-ring (bicyclic) bond motifs is 1. The van der Waals surface area contributed by atoms with Gasteiger partial charge in [-0.15, -0.1) is 0 Å². The summed E-state index contributed by atoms with van der Waals surface area (Å²) >= 11 is 1.64. The number of carbonyl (C=O) groups is 1. The molecule has 0 radical (unpaired) electrons. The fraction of sp³-hybridized carbons (Fsp3) is 0.364. The smallest absolute Gasteiger partial charge is 0.242 e. The fourth-order valence-electron chi connectivity index (χ4n) is 3.73. The van der Waals surface area contributed by atoms with Crippen molar-refractivity contribution in [3.63, 3.8) is 0 Å². The number of piperidine rings is 1. The van der Waals surface area contributed by atoms with E-state index in [9.17, 15) is 4.79 Å². The summed E-state index contributed by atoms with van der Waals surface area (Å²) in [5, 5.41) is 0.906. The first kappa shape index (κ1) is 18.0. The highest BCUT2D eigenvalue weighted by Crippen LogP contribution is 2.28. The highest BCUT2D eigenvalue weighted by molar-refractivity contribution is 7.22. The summed E-state index contributed by atoms with van der Waals surface area (Å²) < 4.78 is 1.16. The van der Waals surface area contributed by atoms with Gasteiger partial charge in [0, 0.05) is 20.1 Å². The topological polar surface area (TPSA) is 36.4 Å². The van der Waals surface area contributed by atoms with E-state index < -0.39 is 0 Å². The number of likely N-dealkylation sites (tertiary alicyclic amines) is 1. The summed E-state index contributed by atoms with van der Waals surface area (Å²) in [7, 11) is 1.96. The minimum atomic E-state index is 0.204. The van der Waals surface area contributed by atoms with Gasteiger partial charge < -0.3 is 9.80 Å². The first-order valence-electron chi connectivity index (χ1n) is 9.57. The molecule has 27 heavy (non-hydrogen) atoms. The van der Waals surface area contributed by atoms with Crippen molar-refractivity contribution in [2.45, 2.75) is 19.3 Å². The molecule has 1 aliphatic rings. The minimum Gasteiger partial charge on any atom is -0.342 e. The molecular weight excluding hydrogens is 354 g/mol. The Kier molecular flexibility index (Phi) is 5.39. The molecule has 4 nitrogen and oxygen atoms in total. The maximum absolute atomic E-state index is 12.7. The van der Waals surface area contributed by atoms with Crippen LogP contribution in [-0.2, 0) is 11.2 Å². The van der Waals surface area contributed by atoms with Crippen LogP contribution in [0, 0.1) is 5.92 Å². The second-order valence-corrected chi connectivity index (χ2v) is 8.34. The van der Waals surface area contributed by atoms with Crippen LogP contribution in [0.2, 0.25) is 0 Å². The number of rotatable bonds is 5. The van der Waals surface area contributed by atoms with Crippen molar-refractivity contribution in [1.82, 2.24) is 9.88 Å². The molecular formula is C22H25N3OS. The number of anilines is 1. The van der Waals surface area contributed by atoms with Crippen molar-refractivity contribution in [3.05, 3.63) is 60.2 Å². The number of para-hydroxylation sites is 1. The van der Waals surface area contributed by atoms with Crippen LogP contribution < -0.4 is 4.90 Å². The van der Waals surface area contributed by atoms with Gasteiger partial charge in [0.25, 0.3) is 0 Å². The van der Waals surface area contributed by atoms with Crippen LogP contribution in [0.1, 0.15) is 18.4 Å². The SMILES string of the molecule is CN(CC(=O)N1CCC(Cc2ccccc2)CC1)c1nc2ccccc2s1. The molecule has 0 aliphatic carbocycles. The van der Waals surface area contributed by atoms with Crippen LogP contribution in [0.5, 0.6) is 0 Å². The Hall–Kier alpha value is -2.40. The summed E-state index contributed by atoms with van der Waals surface area (Å²) in [6.07, 6.45) is 3.30. The van der Waals surface area contributed by atoms with Gasteiger partial charge in [0.05, 0.1) is 16.8 Å². The lowest BCUT2D eigenvalue weighted by atomic mass is 9.90. The van der Waals surface area contributed by atoms with E-state index in [1.165, 1.54) is 5.56 Å². The van der Waals surface area contributed by atoms with Crippen molar-refractivity contribution in [3.8, 4) is 0 Å². The molecule has 1 amide bonds. The van der Waals surface area contributed by atoms with Gasteiger partial charge in [-0.3, -0.25) is 4.79 Å². The molecule has 2 heterocycles. The summed E-state index contributed by atoms with van der Waals surface area (Å²) in [6.45, 7) is 2.12. The fourth-order valence-corrected chi connectivity index (χ4v) is 4.65. The van der Waals surface area contributed by atoms with Gasteiger partial charge in [0.15, 0.2) is 5.13 Å². The second-order valence-electron chi connectivity index (χ2n) is 7.33. The molecule has 140 valence electrons. The number of carbonyl (C=O) groups excluding carboxylic acids is 1. The van der Waals surface area contributed by atoms with Crippen LogP contribution in [-0.4, -0.2) is 42.5 Å². The quantitative estimate of drug-likeness (QED) is 0.666. The molecule has 5 heteroatoms. The molecule has 1 aromatic heterocycles. The third-order valence-corrected chi connectivity index (χ3v) is 6.47. The molecule has 4 rings (SSSR count). The Balaban J connectivity index is 1.30. The van der Waals surface area contributed by atoms with E-state index in [4.69, 9.17) is 0 Å². The number of amides is 1. The monoisotopic (exact) mass is 379 g/mol. The molecule has 0 spiro atoms. The average molecular weight is 380 g/mol. The molecule has 3 aromatic rings. The molecule has 1 saturated heterocycles. The van der Waals surface area contributed by atoms with Crippen molar-refractivity contribution in [1.29, 1.82) is 0 Å². The second kappa shape index (κ2) is 8.09. The number of hydrogen-bond acceptors (Lipinski definition) is 4.